The molecule has 1 aromatic heterocycles. The Bertz CT molecular complexity index is 906. The Morgan fingerprint density at radius 3 is 2.29 bits per heavy atom. The normalized spacial score (nSPS) is 11.4. The maximum absolute atomic E-state index is 12.6. The largest absolute Gasteiger partial charge is 0.377 e. The van der Waals surface area contributed by atoms with Gasteiger partial charge in [0.25, 0.3) is 10.0 Å². The van der Waals surface area contributed by atoms with Gasteiger partial charge < -0.3 is 9.26 Å². The Morgan fingerprint density at radius 2 is 1.67 bits per heavy atom. The predicted octanol–water partition coefficient (Wildman–Crippen LogP) is 3.29. The highest BCUT2D eigenvalue weighted by atomic mass is 32.2. The molecule has 0 saturated heterocycles. The number of hydrogen-bond acceptors (Lipinski definition) is 5. The van der Waals surface area contributed by atoms with Crippen LogP contribution in [0, 0.1) is 0 Å². The zero-order valence-corrected chi connectivity index (χ0v) is 13.8. The lowest BCUT2D eigenvalue weighted by Gasteiger charge is -2.09. The van der Waals surface area contributed by atoms with E-state index >= 15 is 0 Å². The van der Waals surface area contributed by atoms with Crippen molar-refractivity contribution in [1.29, 1.82) is 0 Å². The SMILES string of the molecule is COCc1onc(-c2ccccc2)c1NS(=O)(=O)c1ccccc1. The molecule has 0 aliphatic rings. The number of hydrogen-bond donors (Lipinski definition) is 1. The van der Waals surface area contributed by atoms with Gasteiger partial charge in [-0.25, -0.2) is 8.42 Å². The molecule has 0 saturated carbocycles. The van der Waals surface area contributed by atoms with Crippen molar-refractivity contribution in [3.8, 4) is 11.3 Å². The fraction of sp³-hybridized carbons (Fsp3) is 0.118. The van der Waals surface area contributed by atoms with Crippen LogP contribution in [0.25, 0.3) is 11.3 Å². The molecule has 3 aromatic rings. The van der Waals surface area contributed by atoms with Crippen LogP contribution in [-0.4, -0.2) is 20.7 Å². The van der Waals surface area contributed by atoms with E-state index in [0.29, 0.717) is 11.5 Å². The zero-order valence-electron chi connectivity index (χ0n) is 13.0. The minimum atomic E-state index is -3.76. The van der Waals surface area contributed by atoms with E-state index in [4.69, 9.17) is 9.26 Å². The zero-order chi connectivity index (χ0) is 17.0. The average molecular weight is 344 g/mol. The third-order valence-electron chi connectivity index (χ3n) is 3.38. The number of aromatic nitrogens is 1. The number of anilines is 1. The average Bonchev–Trinajstić information content (AvgIpc) is 2.99. The first kappa shape index (κ1) is 16.2. The van der Waals surface area contributed by atoms with E-state index in [1.807, 2.05) is 30.3 Å². The molecule has 0 fully saturated rings. The van der Waals surface area contributed by atoms with Crippen LogP contribution in [0.5, 0.6) is 0 Å². The summed E-state index contributed by atoms with van der Waals surface area (Å²) in [4.78, 5) is 0.161. The van der Waals surface area contributed by atoms with Gasteiger partial charge in [0.15, 0.2) is 5.76 Å². The van der Waals surface area contributed by atoms with Crippen LogP contribution in [0.4, 0.5) is 5.69 Å². The van der Waals surface area contributed by atoms with Crippen molar-refractivity contribution in [2.75, 3.05) is 11.8 Å². The van der Waals surface area contributed by atoms with E-state index in [2.05, 4.69) is 9.88 Å². The third kappa shape index (κ3) is 3.32. The van der Waals surface area contributed by atoms with E-state index in [1.54, 1.807) is 18.2 Å². The maximum atomic E-state index is 12.6. The number of methoxy groups -OCH3 is 1. The van der Waals surface area contributed by atoms with Crippen LogP contribution >= 0.6 is 0 Å². The highest BCUT2D eigenvalue weighted by Gasteiger charge is 2.23. The van der Waals surface area contributed by atoms with Gasteiger partial charge >= 0.3 is 0 Å². The van der Waals surface area contributed by atoms with Gasteiger partial charge in [-0.05, 0) is 12.1 Å². The molecule has 0 spiro atoms. The molecule has 1 heterocycles. The van der Waals surface area contributed by atoms with Gasteiger partial charge in [0.2, 0.25) is 0 Å². The van der Waals surface area contributed by atoms with Crippen molar-refractivity contribution < 1.29 is 17.7 Å². The van der Waals surface area contributed by atoms with E-state index in [-0.39, 0.29) is 17.2 Å². The molecule has 3 rings (SSSR count). The van der Waals surface area contributed by atoms with Gasteiger partial charge in [-0.15, -0.1) is 0 Å². The molecule has 24 heavy (non-hydrogen) atoms. The minimum Gasteiger partial charge on any atom is -0.377 e. The summed E-state index contributed by atoms with van der Waals surface area (Å²) in [5.41, 5.74) is 1.45. The van der Waals surface area contributed by atoms with Crippen LogP contribution in [0.2, 0.25) is 0 Å². The molecule has 6 nitrogen and oxygen atoms in total. The Balaban J connectivity index is 2.05. The van der Waals surface area contributed by atoms with Crippen molar-refractivity contribution in [3.05, 3.63) is 66.4 Å². The molecule has 0 amide bonds. The Morgan fingerprint density at radius 1 is 1.04 bits per heavy atom. The molecule has 0 aliphatic carbocycles. The molecule has 0 aliphatic heterocycles. The molecule has 7 heteroatoms. The summed E-state index contributed by atoms with van der Waals surface area (Å²) in [6.45, 7) is 0.104. The van der Waals surface area contributed by atoms with Gasteiger partial charge in [0, 0.05) is 12.7 Å². The molecule has 2 aromatic carbocycles. The summed E-state index contributed by atoms with van der Waals surface area (Å²) < 4.78 is 38.1. The lowest BCUT2D eigenvalue weighted by Crippen LogP contribution is -2.14. The highest BCUT2D eigenvalue weighted by molar-refractivity contribution is 7.92. The van der Waals surface area contributed by atoms with Gasteiger partial charge in [0.1, 0.15) is 18.0 Å². The van der Waals surface area contributed by atoms with Crippen LogP contribution in [0.3, 0.4) is 0 Å². The van der Waals surface area contributed by atoms with Crippen molar-refractivity contribution in [2.45, 2.75) is 11.5 Å². The molecule has 1 N–H and O–H groups in total. The highest BCUT2D eigenvalue weighted by Crippen LogP contribution is 2.32. The van der Waals surface area contributed by atoms with Crippen LogP contribution in [-0.2, 0) is 21.4 Å². The summed E-state index contributed by atoms with van der Waals surface area (Å²) in [5.74, 6) is 0.316. The maximum Gasteiger partial charge on any atom is 0.262 e. The summed E-state index contributed by atoms with van der Waals surface area (Å²) in [6, 6.07) is 17.3. The van der Waals surface area contributed by atoms with Gasteiger partial charge in [-0.3, -0.25) is 4.72 Å². The van der Waals surface area contributed by atoms with Crippen molar-refractivity contribution >= 4 is 15.7 Å². The fourth-order valence-corrected chi connectivity index (χ4v) is 3.36. The fourth-order valence-electron chi connectivity index (χ4n) is 2.24. The van der Waals surface area contributed by atoms with Crippen molar-refractivity contribution in [3.63, 3.8) is 0 Å². The second-order valence-corrected chi connectivity index (χ2v) is 6.73. The molecular weight excluding hydrogens is 328 g/mol. The van der Waals surface area contributed by atoms with Gasteiger partial charge in [0.05, 0.1) is 4.90 Å². The van der Waals surface area contributed by atoms with Crippen molar-refractivity contribution in [2.24, 2.45) is 0 Å². The first-order valence-corrected chi connectivity index (χ1v) is 8.71. The molecule has 0 radical (unpaired) electrons. The molecule has 0 unspecified atom stereocenters. The topological polar surface area (TPSA) is 81.4 Å². The number of sulfonamides is 1. The third-order valence-corrected chi connectivity index (χ3v) is 4.74. The standard InChI is InChI=1S/C17H16N2O4S/c1-22-12-15-17(16(18-23-15)13-8-4-2-5-9-13)19-24(20,21)14-10-6-3-7-11-14/h2-11,19H,12H2,1H3. The van der Waals surface area contributed by atoms with Crippen LogP contribution in [0.1, 0.15) is 5.76 Å². The summed E-state index contributed by atoms with van der Waals surface area (Å²) in [5, 5.41) is 4.00. The van der Waals surface area contributed by atoms with Crippen molar-refractivity contribution in [1.82, 2.24) is 5.16 Å². The number of rotatable bonds is 6. The van der Waals surface area contributed by atoms with E-state index in [9.17, 15) is 8.42 Å². The van der Waals surface area contributed by atoms with Crippen LogP contribution < -0.4 is 4.72 Å². The van der Waals surface area contributed by atoms with E-state index in [1.165, 1.54) is 19.2 Å². The summed E-state index contributed by atoms with van der Waals surface area (Å²) >= 11 is 0. The quantitative estimate of drug-likeness (QED) is 0.742. The van der Waals surface area contributed by atoms with Gasteiger partial charge in [-0.1, -0.05) is 53.7 Å². The number of benzene rings is 2. The monoisotopic (exact) mass is 344 g/mol. The second-order valence-electron chi connectivity index (χ2n) is 5.05. The van der Waals surface area contributed by atoms with Crippen LogP contribution in [0.15, 0.2) is 70.1 Å². The van der Waals surface area contributed by atoms with Gasteiger partial charge in [-0.2, -0.15) is 0 Å². The smallest absolute Gasteiger partial charge is 0.262 e. The number of nitrogens with zero attached hydrogens (tertiary/aromatic N) is 1. The Hall–Kier alpha value is -2.64. The molecular formula is C17H16N2O4S. The lowest BCUT2D eigenvalue weighted by molar-refractivity contribution is 0.156. The first-order chi connectivity index (χ1) is 11.6. The van der Waals surface area contributed by atoms with E-state index in [0.717, 1.165) is 5.56 Å². The number of nitrogens with one attached hydrogen (secondary N) is 1. The number of ether oxygens (including phenoxy) is 1. The Labute approximate surface area is 140 Å². The minimum absolute atomic E-state index is 0.104. The molecule has 0 atom stereocenters. The second kappa shape index (κ2) is 6.86. The summed E-state index contributed by atoms with van der Waals surface area (Å²) in [6.07, 6.45) is 0. The molecule has 0 bridgehead atoms. The summed E-state index contributed by atoms with van der Waals surface area (Å²) in [7, 11) is -2.26. The molecule has 124 valence electrons. The predicted molar refractivity (Wildman–Crippen MR) is 89.9 cm³/mol. The Kier molecular flexibility index (Phi) is 4.64. The first-order valence-electron chi connectivity index (χ1n) is 7.22. The lowest BCUT2D eigenvalue weighted by atomic mass is 10.1. The van der Waals surface area contributed by atoms with E-state index < -0.39 is 10.0 Å².